The smallest absolute Gasteiger partial charge is 0.222 e. The van der Waals surface area contributed by atoms with E-state index in [0.717, 1.165) is 6.54 Å². The Labute approximate surface area is 59.8 Å². The molecule has 0 bridgehead atoms. The van der Waals surface area contributed by atoms with Crippen LogP contribution in [0.2, 0.25) is 0 Å². The van der Waals surface area contributed by atoms with Crippen molar-refractivity contribution in [1.29, 1.82) is 0 Å². The van der Waals surface area contributed by atoms with Crippen molar-refractivity contribution in [3.8, 4) is 0 Å². The predicted molar refractivity (Wildman–Crippen MR) is 36.5 cm³/mol. The molecule has 1 heterocycles. The largest absolute Gasteiger partial charge is 0.345 e. The molecule has 0 spiro atoms. The van der Waals surface area contributed by atoms with Gasteiger partial charge < -0.3 is 4.90 Å². The molecule has 1 aliphatic heterocycles. The molecule has 0 saturated carbocycles. The summed E-state index contributed by atoms with van der Waals surface area (Å²) in [6.45, 7) is 0.836. The second-order valence-corrected chi connectivity index (χ2v) is 2.81. The summed E-state index contributed by atoms with van der Waals surface area (Å²) < 4.78 is 0. The topological polar surface area (TPSA) is 20.3 Å². The summed E-state index contributed by atoms with van der Waals surface area (Å²) in [7, 11) is 1.81. The predicted octanol–water partition coefficient (Wildman–Crippen LogP) is 0.704. The molecule has 0 aromatic rings. The minimum atomic E-state index is 0.223. The van der Waals surface area contributed by atoms with E-state index in [1.165, 1.54) is 0 Å². The zero-order valence-corrected chi connectivity index (χ0v) is 6.19. The summed E-state index contributed by atoms with van der Waals surface area (Å²) in [5.74, 6) is 1.22. The van der Waals surface area contributed by atoms with Gasteiger partial charge in [0, 0.05) is 25.9 Å². The lowest BCUT2D eigenvalue weighted by Crippen LogP contribution is -2.19. The Morgan fingerprint density at radius 3 is 2.78 bits per heavy atom. The van der Waals surface area contributed by atoms with Gasteiger partial charge in [-0.3, -0.25) is 4.79 Å². The fourth-order valence-electron chi connectivity index (χ4n) is 1.06. The van der Waals surface area contributed by atoms with E-state index in [1.807, 2.05) is 7.05 Å². The molecule has 1 aliphatic rings. The highest BCUT2D eigenvalue weighted by atomic mass is 35.5. The summed E-state index contributed by atoms with van der Waals surface area (Å²) in [4.78, 5) is 12.5. The quantitative estimate of drug-likeness (QED) is 0.500. The standard InChI is InChI=1S/C6H10ClNO/c1-8-4-5(3-7)2-6(8)9/h5H,2-4H2,1H3. The van der Waals surface area contributed by atoms with E-state index < -0.39 is 0 Å². The van der Waals surface area contributed by atoms with Crippen LogP contribution in [0.3, 0.4) is 0 Å². The Kier molecular flexibility index (Phi) is 1.96. The van der Waals surface area contributed by atoms with E-state index in [-0.39, 0.29) is 5.91 Å². The number of carbonyl (C=O) groups is 1. The van der Waals surface area contributed by atoms with Crippen LogP contribution in [0.25, 0.3) is 0 Å². The number of rotatable bonds is 1. The molecule has 3 heteroatoms. The molecule has 1 unspecified atom stereocenters. The van der Waals surface area contributed by atoms with Crippen molar-refractivity contribution >= 4 is 17.5 Å². The maximum Gasteiger partial charge on any atom is 0.222 e. The lowest BCUT2D eigenvalue weighted by molar-refractivity contribution is -0.126. The molecule has 2 nitrogen and oxygen atoms in total. The SMILES string of the molecule is CN1CC(CCl)CC1=O. The molecule has 1 amide bonds. The van der Waals surface area contributed by atoms with Gasteiger partial charge in [0.15, 0.2) is 0 Å². The molecular weight excluding hydrogens is 138 g/mol. The third kappa shape index (κ3) is 1.36. The van der Waals surface area contributed by atoms with Gasteiger partial charge in [-0.2, -0.15) is 0 Å². The van der Waals surface area contributed by atoms with Crippen molar-refractivity contribution in [2.75, 3.05) is 19.5 Å². The normalized spacial score (nSPS) is 27.6. The minimum absolute atomic E-state index is 0.223. The van der Waals surface area contributed by atoms with Crippen LogP contribution in [0, 0.1) is 5.92 Å². The van der Waals surface area contributed by atoms with Gasteiger partial charge in [0.2, 0.25) is 5.91 Å². The van der Waals surface area contributed by atoms with Crippen molar-refractivity contribution in [3.05, 3.63) is 0 Å². The molecule has 0 N–H and O–H groups in total. The number of amides is 1. The second kappa shape index (κ2) is 2.56. The summed E-state index contributed by atoms with van der Waals surface area (Å²) in [5, 5.41) is 0. The van der Waals surface area contributed by atoms with E-state index in [2.05, 4.69) is 0 Å². The monoisotopic (exact) mass is 147 g/mol. The Morgan fingerprint density at radius 1 is 1.89 bits per heavy atom. The van der Waals surface area contributed by atoms with Gasteiger partial charge in [-0.25, -0.2) is 0 Å². The molecule has 9 heavy (non-hydrogen) atoms. The van der Waals surface area contributed by atoms with Crippen LogP contribution in [0.4, 0.5) is 0 Å². The zero-order valence-electron chi connectivity index (χ0n) is 5.43. The lowest BCUT2D eigenvalue weighted by atomic mass is 10.2. The molecule has 0 aromatic heterocycles. The van der Waals surface area contributed by atoms with E-state index in [4.69, 9.17) is 11.6 Å². The maximum atomic E-state index is 10.8. The van der Waals surface area contributed by atoms with Crippen LogP contribution in [0.5, 0.6) is 0 Å². The van der Waals surface area contributed by atoms with Crippen LogP contribution in [0.1, 0.15) is 6.42 Å². The second-order valence-electron chi connectivity index (χ2n) is 2.50. The minimum Gasteiger partial charge on any atom is -0.345 e. The first-order valence-electron chi connectivity index (χ1n) is 3.04. The molecule has 1 fully saturated rings. The average Bonchev–Trinajstić information content (AvgIpc) is 2.13. The van der Waals surface area contributed by atoms with Crippen LogP contribution >= 0.6 is 11.6 Å². The van der Waals surface area contributed by atoms with E-state index in [1.54, 1.807) is 4.90 Å². The molecule has 1 rings (SSSR count). The van der Waals surface area contributed by atoms with E-state index in [9.17, 15) is 4.79 Å². The van der Waals surface area contributed by atoms with Gasteiger partial charge in [0.1, 0.15) is 0 Å². The van der Waals surface area contributed by atoms with Crippen molar-refractivity contribution in [1.82, 2.24) is 4.90 Å². The Hall–Kier alpha value is -0.240. The average molecular weight is 148 g/mol. The first kappa shape index (κ1) is 6.87. The maximum absolute atomic E-state index is 10.8. The Balaban J connectivity index is 2.44. The van der Waals surface area contributed by atoms with Gasteiger partial charge >= 0.3 is 0 Å². The molecule has 0 radical (unpaired) electrons. The van der Waals surface area contributed by atoms with E-state index in [0.29, 0.717) is 18.2 Å². The number of alkyl halides is 1. The summed E-state index contributed by atoms with van der Waals surface area (Å²) >= 11 is 5.56. The number of halogens is 1. The first-order chi connectivity index (χ1) is 4.24. The number of hydrogen-bond acceptors (Lipinski definition) is 1. The molecular formula is C6H10ClNO. The molecule has 0 aliphatic carbocycles. The van der Waals surface area contributed by atoms with Crippen molar-refractivity contribution in [2.45, 2.75) is 6.42 Å². The Morgan fingerprint density at radius 2 is 2.56 bits per heavy atom. The van der Waals surface area contributed by atoms with Gasteiger partial charge in [0.25, 0.3) is 0 Å². The highest BCUT2D eigenvalue weighted by Crippen LogP contribution is 2.16. The van der Waals surface area contributed by atoms with E-state index >= 15 is 0 Å². The van der Waals surface area contributed by atoms with Gasteiger partial charge in [-0.1, -0.05) is 0 Å². The zero-order chi connectivity index (χ0) is 6.85. The fourth-order valence-corrected chi connectivity index (χ4v) is 1.27. The third-order valence-corrected chi connectivity index (χ3v) is 2.08. The van der Waals surface area contributed by atoms with Crippen molar-refractivity contribution in [2.24, 2.45) is 5.92 Å². The van der Waals surface area contributed by atoms with Crippen LogP contribution in [-0.4, -0.2) is 30.3 Å². The van der Waals surface area contributed by atoms with Crippen LogP contribution in [0.15, 0.2) is 0 Å². The number of likely N-dealkylation sites (tertiary alicyclic amines) is 1. The van der Waals surface area contributed by atoms with Crippen LogP contribution in [-0.2, 0) is 4.79 Å². The lowest BCUT2D eigenvalue weighted by Gasteiger charge is -2.06. The molecule has 1 saturated heterocycles. The number of nitrogens with zero attached hydrogens (tertiary/aromatic N) is 1. The van der Waals surface area contributed by atoms with Crippen LogP contribution < -0.4 is 0 Å². The van der Waals surface area contributed by atoms with Gasteiger partial charge in [-0.15, -0.1) is 11.6 Å². The summed E-state index contributed by atoms with van der Waals surface area (Å²) in [5.41, 5.74) is 0. The number of carbonyl (C=O) groups excluding carboxylic acids is 1. The summed E-state index contributed by atoms with van der Waals surface area (Å²) in [6.07, 6.45) is 0.639. The van der Waals surface area contributed by atoms with Crippen molar-refractivity contribution in [3.63, 3.8) is 0 Å². The molecule has 1 atom stereocenters. The third-order valence-electron chi connectivity index (χ3n) is 1.64. The molecule has 0 aromatic carbocycles. The number of hydrogen-bond donors (Lipinski definition) is 0. The Bertz CT molecular complexity index is 126. The first-order valence-corrected chi connectivity index (χ1v) is 3.57. The summed E-state index contributed by atoms with van der Waals surface area (Å²) in [6, 6.07) is 0. The highest BCUT2D eigenvalue weighted by molar-refractivity contribution is 6.18. The highest BCUT2D eigenvalue weighted by Gasteiger charge is 2.25. The van der Waals surface area contributed by atoms with Crippen molar-refractivity contribution < 1.29 is 4.79 Å². The fraction of sp³-hybridized carbons (Fsp3) is 0.833. The van der Waals surface area contributed by atoms with Gasteiger partial charge in [-0.05, 0) is 5.92 Å². The van der Waals surface area contributed by atoms with Gasteiger partial charge in [0.05, 0.1) is 0 Å². The molecule has 52 valence electrons.